The SMILES string of the molecule is COc1cc2nccc(Oc3cc4scnc4cc3F)c2cc1OC. The Balaban J connectivity index is 1.83. The molecule has 0 atom stereocenters. The number of nitrogens with zero attached hydrogens (tertiary/aromatic N) is 2. The van der Waals surface area contributed by atoms with Crippen LogP contribution in [0.3, 0.4) is 0 Å². The third-order valence-corrected chi connectivity index (χ3v) is 4.60. The van der Waals surface area contributed by atoms with Gasteiger partial charge in [-0.15, -0.1) is 11.3 Å². The summed E-state index contributed by atoms with van der Waals surface area (Å²) in [6.07, 6.45) is 1.60. The average Bonchev–Trinajstić information content (AvgIpc) is 3.08. The van der Waals surface area contributed by atoms with Crippen molar-refractivity contribution in [2.45, 2.75) is 0 Å². The van der Waals surface area contributed by atoms with Crippen LogP contribution in [-0.2, 0) is 0 Å². The van der Waals surface area contributed by atoms with Gasteiger partial charge in [0.25, 0.3) is 0 Å². The lowest BCUT2D eigenvalue weighted by Crippen LogP contribution is -1.94. The highest BCUT2D eigenvalue weighted by Crippen LogP contribution is 2.38. The predicted octanol–water partition coefficient (Wildman–Crippen LogP) is 4.79. The van der Waals surface area contributed by atoms with Gasteiger partial charge in [0.1, 0.15) is 5.75 Å². The summed E-state index contributed by atoms with van der Waals surface area (Å²) in [5.41, 5.74) is 2.95. The minimum atomic E-state index is -0.469. The summed E-state index contributed by atoms with van der Waals surface area (Å²) in [7, 11) is 3.11. The highest BCUT2D eigenvalue weighted by Gasteiger charge is 2.14. The van der Waals surface area contributed by atoms with Crippen molar-refractivity contribution in [1.29, 1.82) is 0 Å². The molecule has 5 nitrogen and oxygen atoms in total. The number of halogens is 1. The Morgan fingerprint density at radius 3 is 2.48 bits per heavy atom. The molecule has 25 heavy (non-hydrogen) atoms. The molecule has 0 aliphatic carbocycles. The van der Waals surface area contributed by atoms with E-state index >= 15 is 0 Å². The minimum absolute atomic E-state index is 0.138. The van der Waals surface area contributed by atoms with Crippen LogP contribution in [0, 0.1) is 5.82 Å². The summed E-state index contributed by atoms with van der Waals surface area (Å²) in [6, 6.07) is 8.22. The second-order valence-electron chi connectivity index (χ2n) is 5.24. The molecule has 0 radical (unpaired) electrons. The molecule has 0 aliphatic heterocycles. The second-order valence-corrected chi connectivity index (χ2v) is 6.12. The molecule has 2 heterocycles. The zero-order valence-corrected chi connectivity index (χ0v) is 14.3. The van der Waals surface area contributed by atoms with Gasteiger partial charge < -0.3 is 14.2 Å². The fraction of sp³-hybridized carbons (Fsp3) is 0.111. The number of rotatable bonds is 4. The summed E-state index contributed by atoms with van der Waals surface area (Å²) < 4.78 is 31.6. The van der Waals surface area contributed by atoms with Crippen molar-refractivity contribution >= 4 is 32.5 Å². The van der Waals surface area contributed by atoms with Crippen molar-refractivity contribution in [2.24, 2.45) is 0 Å². The first-order chi connectivity index (χ1) is 12.2. The van der Waals surface area contributed by atoms with Crippen LogP contribution >= 0.6 is 11.3 Å². The standard InChI is InChI=1S/C18H13FN2O3S/c1-22-16-5-10-12(7-17(16)23-2)20-4-3-14(10)24-15-8-18-13(6-11(15)19)21-9-25-18/h3-9H,1-2H3. The van der Waals surface area contributed by atoms with Crippen molar-refractivity contribution in [3.05, 3.63) is 47.9 Å². The molecule has 0 unspecified atom stereocenters. The van der Waals surface area contributed by atoms with Crippen LogP contribution in [0.2, 0.25) is 0 Å². The van der Waals surface area contributed by atoms with Crippen LogP contribution in [0.4, 0.5) is 4.39 Å². The number of hydrogen-bond acceptors (Lipinski definition) is 6. The molecular weight excluding hydrogens is 343 g/mol. The first kappa shape index (κ1) is 15.6. The maximum absolute atomic E-state index is 14.3. The van der Waals surface area contributed by atoms with Crippen LogP contribution in [0.15, 0.2) is 42.0 Å². The molecule has 4 rings (SSSR count). The third kappa shape index (κ3) is 2.72. The van der Waals surface area contributed by atoms with E-state index in [9.17, 15) is 4.39 Å². The molecule has 0 aliphatic rings. The molecule has 2 aromatic heterocycles. The van der Waals surface area contributed by atoms with Gasteiger partial charge >= 0.3 is 0 Å². The zero-order valence-electron chi connectivity index (χ0n) is 13.4. The van der Waals surface area contributed by atoms with Gasteiger partial charge in [-0.05, 0) is 12.1 Å². The number of thiazole rings is 1. The summed E-state index contributed by atoms with van der Waals surface area (Å²) in [5, 5.41) is 0.698. The number of pyridine rings is 1. The van der Waals surface area contributed by atoms with Crippen LogP contribution in [-0.4, -0.2) is 24.2 Å². The predicted molar refractivity (Wildman–Crippen MR) is 94.5 cm³/mol. The summed E-state index contributed by atoms with van der Waals surface area (Å²) in [6.45, 7) is 0. The van der Waals surface area contributed by atoms with E-state index in [0.717, 1.165) is 4.70 Å². The molecule has 0 spiro atoms. The average molecular weight is 356 g/mol. The fourth-order valence-corrected chi connectivity index (χ4v) is 3.28. The summed E-state index contributed by atoms with van der Waals surface area (Å²) >= 11 is 1.43. The molecule has 7 heteroatoms. The molecule has 0 saturated carbocycles. The van der Waals surface area contributed by atoms with Gasteiger partial charge in [-0.2, -0.15) is 0 Å². The van der Waals surface area contributed by atoms with E-state index in [1.165, 1.54) is 17.4 Å². The van der Waals surface area contributed by atoms with E-state index in [1.54, 1.807) is 50.2 Å². The number of ether oxygens (including phenoxy) is 3. The van der Waals surface area contributed by atoms with Crippen LogP contribution in [0.25, 0.3) is 21.1 Å². The van der Waals surface area contributed by atoms with Crippen molar-refractivity contribution in [3.8, 4) is 23.0 Å². The Morgan fingerprint density at radius 1 is 0.880 bits per heavy atom. The van der Waals surface area contributed by atoms with Gasteiger partial charge in [0.05, 0.1) is 35.5 Å². The number of aromatic nitrogens is 2. The van der Waals surface area contributed by atoms with Gasteiger partial charge in [-0.1, -0.05) is 0 Å². The Kier molecular flexibility index (Phi) is 3.85. The monoisotopic (exact) mass is 356 g/mol. The Bertz CT molecular complexity index is 1080. The molecule has 2 aromatic carbocycles. The second kappa shape index (κ2) is 6.18. The van der Waals surface area contributed by atoms with Crippen LogP contribution in [0.5, 0.6) is 23.0 Å². The summed E-state index contributed by atoms with van der Waals surface area (Å²) in [5.74, 6) is 1.26. The highest BCUT2D eigenvalue weighted by molar-refractivity contribution is 7.16. The number of hydrogen-bond donors (Lipinski definition) is 0. The van der Waals surface area contributed by atoms with Crippen molar-refractivity contribution in [1.82, 2.24) is 9.97 Å². The third-order valence-electron chi connectivity index (χ3n) is 3.81. The Morgan fingerprint density at radius 2 is 1.68 bits per heavy atom. The molecule has 0 N–H and O–H groups in total. The van der Waals surface area contributed by atoms with Crippen LogP contribution < -0.4 is 14.2 Å². The van der Waals surface area contributed by atoms with Crippen molar-refractivity contribution < 1.29 is 18.6 Å². The largest absolute Gasteiger partial charge is 0.493 e. The molecule has 126 valence electrons. The lowest BCUT2D eigenvalue weighted by molar-refractivity contribution is 0.355. The Labute approximate surface area is 146 Å². The normalized spacial score (nSPS) is 11.0. The van der Waals surface area contributed by atoms with Crippen molar-refractivity contribution in [2.75, 3.05) is 14.2 Å². The molecule has 0 amide bonds. The van der Waals surface area contributed by atoms with E-state index in [-0.39, 0.29) is 5.75 Å². The van der Waals surface area contributed by atoms with Crippen molar-refractivity contribution in [3.63, 3.8) is 0 Å². The molecule has 4 aromatic rings. The van der Waals surface area contributed by atoms with E-state index in [4.69, 9.17) is 14.2 Å². The zero-order chi connectivity index (χ0) is 17.4. The molecular formula is C18H13FN2O3S. The van der Waals surface area contributed by atoms with Gasteiger partial charge in [0, 0.05) is 29.8 Å². The minimum Gasteiger partial charge on any atom is -0.493 e. The Hall–Kier alpha value is -2.93. The van der Waals surface area contributed by atoms with E-state index in [1.807, 2.05) is 0 Å². The van der Waals surface area contributed by atoms with E-state index in [2.05, 4.69) is 9.97 Å². The molecule has 0 saturated heterocycles. The van der Waals surface area contributed by atoms with E-state index < -0.39 is 5.82 Å². The van der Waals surface area contributed by atoms with Gasteiger partial charge in [0.2, 0.25) is 0 Å². The van der Waals surface area contributed by atoms with Gasteiger partial charge in [-0.25, -0.2) is 9.37 Å². The van der Waals surface area contributed by atoms with Gasteiger partial charge in [-0.3, -0.25) is 4.98 Å². The number of fused-ring (bicyclic) bond motifs is 2. The van der Waals surface area contributed by atoms with Gasteiger partial charge in [0.15, 0.2) is 23.1 Å². The first-order valence-electron chi connectivity index (χ1n) is 7.41. The van der Waals surface area contributed by atoms with E-state index in [0.29, 0.717) is 33.7 Å². The maximum Gasteiger partial charge on any atom is 0.167 e. The summed E-state index contributed by atoms with van der Waals surface area (Å²) in [4.78, 5) is 8.42. The smallest absolute Gasteiger partial charge is 0.167 e. The number of benzene rings is 2. The lowest BCUT2D eigenvalue weighted by atomic mass is 10.2. The van der Waals surface area contributed by atoms with Crippen LogP contribution in [0.1, 0.15) is 0 Å². The molecule has 0 bridgehead atoms. The topological polar surface area (TPSA) is 53.5 Å². The maximum atomic E-state index is 14.3. The fourth-order valence-electron chi connectivity index (χ4n) is 2.59. The quantitative estimate of drug-likeness (QED) is 0.526. The lowest BCUT2D eigenvalue weighted by Gasteiger charge is -2.12. The highest BCUT2D eigenvalue weighted by atomic mass is 32.1. The number of methoxy groups -OCH3 is 2. The first-order valence-corrected chi connectivity index (χ1v) is 8.29. The molecule has 0 fully saturated rings.